The van der Waals surface area contributed by atoms with Crippen molar-refractivity contribution in [1.82, 2.24) is 0 Å². The Balaban J connectivity index is 1.73. The average Bonchev–Trinajstić information content (AvgIpc) is 3.14. The SMILES string of the molecule is CCC1(CC)c2ccccc2-c2ccc(N(c3ccccc3)c3cccc(C(=O)O)c3)cc21. The number of aromatic carboxylic acids is 1. The Hall–Kier alpha value is -3.85. The molecule has 0 bridgehead atoms. The van der Waals surface area contributed by atoms with Gasteiger partial charge in [0.05, 0.1) is 5.56 Å². The first kappa shape index (κ1) is 21.0. The van der Waals surface area contributed by atoms with Crippen LogP contribution in [0.5, 0.6) is 0 Å². The molecule has 5 rings (SSSR count). The second-order valence-electron chi connectivity index (χ2n) is 8.59. The number of para-hydroxylation sites is 1. The molecule has 0 saturated carbocycles. The van der Waals surface area contributed by atoms with Gasteiger partial charge in [0.1, 0.15) is 0 Å². The van der Waals surface area contributed by atoms with Gasteiger partial charge in [-0.2, -0.15) is 0 Å². The second-order valence-corrected chi connectivity index (χ2v) is 8.59. The van der Waals surface area contributed by atoms with E-state index in [9.17, 15) is 9.90 Å². The number of carboxylic acid groups (broad SMARTS) is 1. The molecule has 0 saturated heterocycles. The number of carbonyl (C=O) groups is 1. The van der Waals surface area contributed by atoms with E-state index in [0.29, 0.717) is 0 Å². The van der Waals surface area contributed by atoms with Gasteiger partial charge in [0.25, 0.3) is 0 Å². The molecule has 1 aliphatic carbocycles. The van der Waals surface area contributed by atoms with Gasteiger partial charge >= 0.3 is 5.97 Å². The van der Waals surface area contributed by atoms with E-state index >= 15 is 0 Å². The van der Waals surface area contributed by atoms with Crippen molar-refractivity contribution < 1.29 is 9.90 Å². The predicted molar refractivity (Wildman–Crippen MR) is 135 cm³/mol. The van der Waals surface area contributed by atoms with Gasteiger partial charge in [0.2, 0.25) is 0 Å². The van der Waals surface area contributed by atoms with E-state index in [4.69, 9.17) is 0 Å². The molecule has 0 amide bonds. The van der Waals surface area contributed by atoms with Crippen molar-refractivity contribution in [3.05, 3.63) is 114 Å². The molecule has 0 aromatic heterocycles. The Morgan fingerprint density at radius 3 is 2.06 bits per heavy atom. The summed E-state index contributed by atoms with van der Waals surface area (Å²) in [5, 5.41) is 9.57. The molecule has 0 atom stereocenters. The second kappa shape index (κ2) is 8.25. The van der Waals surface area contributed by atoms with Crippen molar-refractivity contribution in [2.75, 3.05) is 4.90 Å². The van der Waals surface area contributed by atoms with Gasteiger partial charge in [-0.15, -0.1) is 0 Å². The third-order valence-corrected chi connectivity index (χ3v) is 7.08. The number of nitrogens with zero attached hydrogens (tertiary/aromatic N) is 1. The summed E-state index contributed by atoms with van der Waals surface area (Å²) in [4.78, 5) is 13.8. The molecule has 0 radical (unpaired) electrons. The Labute approximate surface area is 195 Å². The van der Waals surface area contributed by atoms with Crippen LogP contribution >= 0.6 is 0 Å². The number of carboxylic acids is 1. The number of anilines is 3. The maximum absolute atomic E-state index is 11.7. The molecule has 33 heavy (non-hydrogen) atoms. The highest BCUT2D eigenvalue weighted by Crippen LogP contribution is 2.54. The molecule has 1 N–H and O–H groups in total. The zero-order valence-corrected chi connectivity index (χ0v) is 19.0. The minimum atomic E-state index is -0.926. The van der Waals surface area contributed by atoms with Gasteiger partial charge in [-0.3, -0.25) is 0 Å². The van der Waals surface area contributed by atoms with Crippen molar-refractivity contribution >= 4 is 23.0 Å². The fourth-order valence-corrected chi connectivity index (χ4v) is 5.40. The first-order valence-electron chi connectivity index (χ1n) is 11.5. The Morgan fingerprint density at radius 1 is 0.697 bits per heavy atom. The topological polar surface area (TPSA) is 40.5 Å². The summed E-state index contributed by atoms with van der Waals surface area (Å²) in [6.45, 7) is 4.54. The van der Waals surface area contributed by atoms with E-state index in [1.54, 1.807) is 18.2 Å². The fraction of sp³-hybridized carbons (Fsp3) is 0.167. The maximum Gasteiger partial charge on any atom is 0.335 e. The third kappa shape index (κ3) is 3.32. The van der Waals surface area contributed by atoms with E-state index in [2.05, 4.69) is 73.3 Å². The normalized spacial score (nSPS) is 13.3. The predicted octanol–water partition coefficient (Wildman–Crippen LogP) is 7.94. The van der Waals surface area contributed by atoms with Gasteiger partial charge in [-0.05, 0) is 77.6 Å². The first-order valence-corrected chi connectivity index (χ1v) is 11.5. The van der Waals surface area contributed by atoms with Crippen molar-refractivity contribution in [2.24, 2.45) is 0 Å². The summed E-state index contributed by atoms with van der Waals surface area (Å²) >= 11 is 0. The van der Waals surface area contributed by atoms with Gasteiger partial charge < -0.3 is 10.0 Å². The van der Waals surface area contributed by atoms with Gasteiger partial charge in [0.15, 0.2) is 0 Å². The summed E-state index contributed by atoms with van der Waals surface area (Å²) < 4.78 is 0. The standard InChI is InChI=1S/C30H27NO2/c1-3-30(4-2)27-16-9-8-15-25(27)26-18-17-24(20-28(26)30)31(22-12-6-5-7-13-22)23-14-10-11-21(19-23)29(32)33/h5-20H,3-4H2,1-2H3,(H,32,33). The highest BCUT2D eigenvalue weighted by Gasteiger charge is 2.40. The Bertz CT molecular complexity index is 1320. The van der Waals surface area contributed by atoms with Crippen molar-refractivity contribution in [2.45, 2.75) is 32.1 Å². The number of benzene rings is 4. The van der Waals surface area contributed by atoms with E-state index in [1.165, 1.54) is 22.3 Å². The van der Waals surface area contributed by atoms with E-state index in [1.807, 2.05) is 24.3 Å². The van der Waals surface area contributed by atoms with E-state index in [-0.39, 0.29) is 11.0 Å². The summed E-state index contributed by atoms with van der Waals surface area (Å²) in [5.41, 5.74) is 8.48. The zero-order chi connectivity index (χ0) is 23.0. The molecule has 1 aliphatic rings. The van der Waals surface area contributed by atoms with Crippen LogP contribution in [0.25, 0.3) is 11.1 Å². The van der Waals surface area contributed by atoms with Crippen LogP contribution in [0.3, 0.4) is 0 Å². The minimum absolute atomic E-state index is 0.0206. The molecule has 0 spiro atoms. The van der Waals surface area contributed by atoms with Crippen LogP contribution in [-0.2, 0) is 5.41 Å². The molecule has 3 nitrogen and oxygen atoms in total. The number of fused-ring (bicyclic) bond motifs is 3. The van der Waals surface area contributed by atoms with Gasteiger partial charge in [0, 0.05) is 22.5 Å². The zero-order valence-electron chi connectivity index (χ0n) is 19.0. The lowest BCUT2D eigenvalue weighted by Crippen LogP contribution is -2.23. The monoisotopic (exact) mass is 433 g/mol. The number of hydrogen-bond acceptors (Lipinski definition) is 2. The lowest BCUT2D eigenvalue weighted by atomic mass is 9.74. The van der Waals surface area contributed by atoms with E-state index in [0.717, 1.165) is 29.9 Å². The van der Waals surface area contributed by atoms with Crippen LogP contribution in [0.2, 0.25) is 0 Å². The highest BCUT2D eigenvalue weighted by molar-refractivity contribution is 5.91. The van der Waals surface area contributed by atoms with Crippen molar-refractivity contribution in [3.8, 4) is 11.1 Å². The lowest BCUT2D eigenvalue weighted by molar-refractivity contribution is 0.0697. The van der Waals surface area contributed by atoms with Gasteiger partial charge in [-0.1, -0.05) is 68.4 Å². The molecular formula is C30H27NO2. The first-order chi connectivity index (χ1) is 16.1. The van der Waals surface area contributed by atoms with Crippen LogP contribution in [0.4, 0.5) is 17.1 Å². The average molecular weight is 434 g/mol. The quantitative estimate of drug-likeness (QED) is 0.335. The number of rotatable bonds is 6. The van der Waals surface area contributed by atoms with Crippen molar-refractivity contribution in [1.29, 1.82) is 0 Å². The number of hydrogen-bond donors (Lipinski definition) is 1. The molecule has 0 unspecified atom stereocenters. The molecule has 4 aromatic rings. The summed E-state index contributed by atoms with van der Waals surface area (Å²) in [7, 11) is 0. The van der Waals surface area contributed by atoms with Crippen LogP contribution < -0.4 is 4.90 Å². The molecule has 0 fully saturated rings. The lowest BCUT2D eigenvalue weighted by Gasteiger charge is -2.31. The van der Waals surface area contributed by atoms with Crippen LogP contribution in [-0.4, -0.2) is 11.1 Å². The Morgan fingerprint density at radius 2 is 1.33 bits per heavy atom. The summed E-state index contributed by atoms with van der Waals surface area (Å²) in [6, 6.07) is 32.7. The van der Waals surface area contributed by atoms with Crippen LogP contribution in [0, 0.1) is 0 Å². The molecule has 0 aliphatic heterocycles. The summed E-state index contributed by atoms with van der Waals surface area (Å²) in [6.07, 6.45) is 2.05. The fourth-order valence-electron chi connectivity index (χ4n) is 5.40. The Kier molecular flexibility index (Phi) is 5.26. The maximum atomic E-state index is 11.7. The molecule has 0 heterocycles. The van der Waals surface area contributed by atoms with E-state index < -0.39 is 5.97 Å². The van der Waals surface area contributed by atoms with Crippen LogP contribution in [0.15, 0.2) is 97.1 Å². The summed E-state index contributed by atoms with van der Waals surface area (Å²) in [5.74, 6) is -0.926. The smallest absolute Gasteiger partial charge is 0.335 e. The van der Waals surface area contributed by atoms with Crippen LogP contribution in [0.1, 0.15) is 48.2 Å². The molecule has 164 valence electrons. The highest BCUT2D eigenvalue weighted by atomic mass is 16.4. The molecule has 3 heteroatoms. The van der Waals surface area contributed by atoms with Crippen molar-refractivity contribution in [3.63, 3.8) is 0 Å². The third-order valence-electron chi connectivity index (χ3n) is 7.08. The largest absolute Gasteiger partial charge is 0.478 e. The molecule has 4 aromatic carbocycles. The molecular weight excluding hydrogens is 406 g/mol. The minimum Gasteiger partial charge on any atom is -0.478 e. The van der Waals surface area contributed by atoms with Gasteiger partial charge in [-0.25, -0.2) is 4.79 Å².